The van der Waals surface area contributed by atoms with Gasteiger partial charge in [0, 0.05) is 30.8 Å². The molecule has 3 rings (SSSR count). The van der Waals surface area contributed by atoms with E-state index in [0.717, 1.165) is 45.4 Å². The minimum Gasteiger partial charge on any atom is -0.317 e. The summed E-state index contributed by atoms with van der Waals surface area (Å²) in [5.41, 5.74) is 2.57. The highest BCUT2D eigenvalue weighted by Crippen LogP contribution is 2.28. The summed E-state index contributed by atoms with van der Waals surface area (Å²) >= 11 is 6.19. The summed E-state index contributed by atoms with van der Waals surface area (Å²) in [7, 11) is 0. The highest BCUT2D eigenvalue weighted by molar-refractivity contribution is 6.30. The lowest BCUT2D eigenvalue weighted by atomic mass is 10.0. The van der Waals surface area contributed by atoms with Crippen molar-refractivity contribution in [3.05, 3.63) is 16.4 Å². The van der Waals surface area contributed by atoms with Gasteiger partial charge in [0.1, 0.15) is 0 Å². The Kier molecular flexibility index (Phi) is 2.88. The Balaban J connectivity index is 1.93. The third kappa shape index (κ3) is 1.75. The number of nitrogens with one attached hydrogen (secondary N) is 2. The number of piperidine rings is 1. The van der Waals surface area contributed by atoms with Gasteiger partial charge in [-0.05, 0) is 25.9 Å². The predicted octanol–water partition coefficient (Wildman–Crippen LogP) is 1.11. The number of aromatic nitrogens is 2. The summed E-state index contributed by atoms with van der Waals surface area (Å²) < 4.78 is 2.19. The van der Waals surface area contributed by atoms with E-state index in [9.17, 15) is 0 Å². The van der Waals surface area contributed by atoms with Crippen LogP contribution in [0.15, 0.2) is 0 Å². The van der Waals surface area contributed by atoms with Crippen molar-refractivity contribution in [2.24, 2.45) is 0 Å². The predicted molar refractivity (Wildman–Crippen MR) is 63.8 cm³/mol. The molecule has 1 aromatic heterocycles. The lowest BCUT2D eigenvalue weighted by Crippen LogP contribution is -2.32. The Bertz CT molecular complexity index is 382. The first-order valence-electron chi connectivity index (χ1n) is 6.03. The number of hydrogen-bond acceptors (Lipinski definition) is 3. The van der Waals surface area contributed by atoms with Gasteiger partial charge in [-0.3, -0.25) is 4.68 Å². The van der Waals surface area contributed by atoms with Gasteiger partial charge in [0.25, 0.3) is 0 Å². The normalized spacial score (nSPS) is 22.1. The van der Waals surface area contributed by atoms with Crippen LogP contribution in [0.1, 0.15) is 30.1 Å². The molecule has 3 heterocycles. The molecule has 2 N–H and O–H groups in total. The molecule has 1 aromatic rings. The minimum atomic E-state index is 0.542. The second kappa shape index (κ2) is 4.35. The summed E-state index contributed by atoms with van der Waals surface area (Å²) in [5.74, 6) is 0. The molecule has 0 bridgehead atoms. The summed E-state index contributed by atoms with van der Waals surface area (Å²) in [6.45, 7) is 4.10. The third-order valence-corrected chi connectivity index (χ3v) is 3.87. The fourth-order valence-corrected chi connectivity index (χ4v) is 2.94. The van der Waals surface area contributed by atoms with E-state index >= 15 is 0 Å². The van der Waals surface area contributed by atoms with E-state index in [1.807, 2.05) is 0 Å². The molecule has 0 aromatic carbocycles. The molecule has 2 aliphatic heterocycles. The van der Waals surface area contributed by atoms with Crippen molar-refractivity contribution in [2.45, 2.75) is 31.8 Å². The zero-order valence-corrected chi connectivity index (χ0v) is 10.1. The molecule has 0 radical (unpaired) electrons. The van der Waals surface area contributed by atoms with Crippen LogP contribution in [0.5, 0.6) is 0 Å². The van der Waals surface area contributed by atoms with Gasteiger partial charge in [-0.15, -0.1) is 0 Å². The van der Waals surface area contributed by atoms with Crippen LogP contribution in [0.2, 0.25) is 5.15 Å². The lowest BCUT2D eigenvalue weighted by Gasteiger charge is -2.26. The van der Waals surface area contributed by atoms with Gasteiger partial charge in [0.2, 0.25) is 0 Å². The average molecular weight is 241 g/mol. The SMILES string of the molecule is Clc1nn(C2CCNCC2)c2c1CNCC2. The molecule has 4 nitrogen and oxygen atoms in total. The van der Waals surface area contributed by atoms with Gasteiger partial charge in [-0.25, -0.2) is 0 Å². The van der Waals surface area contributed by atoms with Gasteiger partial charge < -0.3 is 10.6 Å². The summed E-state index contributed by atoms with van der Waals surface area (Å²) in [5, 5.41) is 12.0. The first-order valence-corrected chi connectivity index (χ1v) is 6.41. The molecule has 88 valence electrons. The molecule has 0 spiro atoms. The molecule has 0 aliphatic carbocycles. The molecule has 1 saturated heterocycles. The van der Waals surface area contributed by atoms with E-state index in [1.165, 1.54) is 11.3 Å². The molecule has 16 heavy (non-hydrogen) atoms. The highest BCUT2D eigenvalue weighted by Gasteiger charge is 2.24. The van der Waals surface area contributed by atoms with Crippen LogP contribution in [0.4, 0.5) is 0 Å². The van der Waals surface area contributed by atoms with E-state index in [1.54, 1.807) is 0 Å². The maximum absolute atomic E-state index is 6.19. The topological polar surface area (TPSA) is 41.9 Å². The Morgan fingerprint density at radius 3 is 2.81 bits per heavy atom. The van der Waals surface area contributed by atoms with Crippen LogP contribution in [0, 0.1) is 0 Å². The third-order valence-electron chi connectivity index (χ3n) is 3.56. The zero-order valence-electron chi connectivity index (χ0n) is 9.30. The van der Waals surface area contributed by atoms with Gasteiger partial charge >= 0.3 is 0 Å². The molecule has 5 heteroatoms. The number of fused-ring (bicyclic) bond motifs is 1. The van der Waals surface area contributed by atoms with Crippen molar-refractivity contribution < 1.29 is 0 Å². The Morgan fingerprint density at radius 1 is 1.19 bits per heavy atom. The summed E-state index contributed by atoms with van der Waals surface area (Å²) in [6, 6.07) is 0.542. The van der Waals surface area contributed by atoms with Crippen LogP contribution in [-0.4, -0.2) is 29.4 Å². The van der Waals surface area contributed by atoms with Gasteiger partial charge in [0.05, 0.1) is 6.04 Å². The molecule has 2 aliphatic rings. The molecule has 0 amide bonds. The Hall–Kier alpha value is -0.580. The maximum atomic E-state index is 6.19. The second-order valence-corrected chi connectivity index (χ2v) is 4.93. The molecule has 0 saturated carbocycles. The smallest absolute Gasteiger partial charge is 0.155 e. The lowest BCUT2D eigenvalue weighted by molar-refractivity contribution is 0.333. The summed E-state index contributed by atoms with van der Waals surface area (Å²) in [4.78, 5) is 0. The quantitative estimate of drug-likeness (QED) is 0.773. The van der Waals surface area contributed by atoms with E-state index in [-0.39, 0.29) is 0 Å². The number of halogens is 1. The van der Waals surface area contributed by atoms with Crippen molar-refractivity contribution in [2.75, 3.05) is 19.6 Å². The standard InChI is InChI=1S/C11H17ClN4/c12-11-9-7-14-6-3-10(9)16(15-11)8-1-4-13-5-2-8/h8,13-14H,1-7H2. The monoisotopic (exact) mass is 240 g/mol. The number of nitrogens with zero attached hydrogens (tertiary/aromatic N) is 2. The van der Waals surface area contributed by atoms with Crippen molar-refractivity contribution in [1.82, 2.24) is 20.4 Å². The van der Waals surface area contributed by atoms with Crippen LogP contribution >= 0.6 is 11.6 Å². The highest BCUT2D eigenvalue weighted by atomic mass is 35.5. The van der Waals surface area contributed by atoms with E-state index in [4.69, 9.17) is 11.6 Å². The molecular weight excluding hydrogens is 224 g/mol. The van der Waals surface area contributed by atoms with E-state index in [0.29, 0.717) is 11.2 Å². The molecule has 0 atom stereocenters. The maximum Gasteiger partial charge on any atom is 0.155 e. The molecule has 0 unspecified atom stereocenters. The van der Waals surface area contributed by atoms with Crippen molar-refractivity contribution >= 4 is 11.6 Å². The van der Waals surface area contributed by atoms with Crippen molar-refractivity contribution in [3.8, 4) is 0 Å². The van der Waals surface area contributed by atoms with Gasteiger partial charge in [0.15, 0.2) is 5.15 Å². The summed E-state index contributed by atoms with van der Waals surface area (Å²) in [6.07, 6.45) is 3.38. The van der Waals surface area contributed by atoms with Crippen LogP contribution in [0.25, 0.3) is 0 Å². The van der Waals surface area contributed by atoms with Crippen LogP contribution < -0.4 is 10.6 Å². The van der Waals surface area contributed by atoms with Crippen LogP contribution in [-0.2, 0) is 13.0 Å². The van der Waals surface area contributed by atoms with Crippen molar-refractivity contribution in [1.29, 1.82) is 0 Å². The van der Waals surface area contributed by atoms with Gasteiger partial charge in [-0.2, -0.15) is 5.10 Å². The molecular formula is C11H17ClN4. The largest absolute Gasteiger partial charge is 0.317 e. The Morgan fingerprint density at radius 2 is 2.00 bits per heavy atom. The second-order valence-electron chi connectivity index (χ2n) is 4.57. The average Bonchev–Trinajstić information content (AvgIpc) is 2.69. The minimum absolute atomic E-state index is 0.542. The number of rotatable bonds is 1. The fraction of sp³-hybridized carbons (Fsp3) is 0.727. The van der Waals surface area contributed by atoms with E-state index in [2.05, 4.69) is 20.4 Å². The first kappa shape index (κ1) is 10.6. The molecule has 1 fully saturated rings. The van der Waals surface area contributed by atoms with Crippen molar-refractivity contribution in [3.63, 3.8) is 0 Å². The zero-order chi connectivity index (χ0) is 11.0. The fourth-order valence-electron chi connectivity index (χ4n) is 2.69. The Labute approximate surface area is 100 Å². The van der Waals surface area contributed by atoms with E-state index < -0.39 is 0 Å². The van der Waals surface area contributed by atoms with Gasteiger partial charge in [-0.1, -0.05) is 11.6 Å². The first-order chi connectivity index (χ1) is 7.86. The number of hydrogen-bond donors (Lipinski definition) is 2. The van der Waals surface area contributed by atoms with Crippen LogP contribution in [0.3, 0.4) is 0 Å².